The van der Waals surface area contributed by atoms with Crippen LogP contribution in [0.2, 0.25) is 0 Å². The molecular weight excluding hydrogens is 273 g/mol. The van der Waals surface area contributed by atoms with Crippen molar-refractivity contribution in [3.63, 3.8) is 0 Å². The smallest absolute Gasteiger partial charge is 0.231 e. The number of nitrogens with zero attached hydrogens (tertiary/aromatic N) is 2. The van der Waals surface area contributed by atoms with Gasteiger partial charge in [-0.25, -0.2) is 4.98 Å². The fourth-order valence-electron chi connectivity index (χ4n) is 2.52. The molecule has 1 aromatic heterocycles. The van der Waals surface area contributed by atoms with Crippen LogP contribution in [0.3, 0.4) is 0 Å². The first-order valence-corrected chi connectivity index (χ1v) is 8.20. The zero-order valence-corrected chi connectivity index (χ0v) is 14.0. The van der Waals surface area contributed by atoms with Gasteiger partial charge in [0.2, 0.25) is 5.91 Å². The third kappa shape index (κ3) is 4.32. The molecule has 0 saturated carbocycles. The first-order chi connectivity index (χ1) is 10.4. The number of likely N-dealkylation sites (tertiary alicyclic amines) is 1. The summed E-state index contributed by atoms with van der Waals surface area (Å²) in [6.07, 6.45) is 6.25. The minimum absolute atomic E-state index is 0.00352. The number of rotatable bonds is 5. The molecule has 0 atom stereocenters. The van der Waals surface area contributed by atoms with Gasteiger partial charge >= 0.3 is 0 Å². The Morgan fingerprint density at radius 1 is 1.36 bits per heavy atom. The molecule has 1 fully saturated rings. The van der Waals surface area contributed by atoms with E-state index in [1.54, 1.807) is 6.20 Å². The molecule has 5 heteroatoms. The van der Waals surface area contributed by atoms with Gasteiger partial charge in [0, 0.05) is 18.2 Å². The van der Waals surface area contributed by atoms with Crippen LogP contribution < -0.4 is 10.8 Å². The Hall–Kier alpha value is -1.36. The minimum Gasteiger partial charge on any atom is -0.310 e. The van der Waals surface area contributed by atoms with Gasteiger partial charge < -0.3 is 5.32 Å². The van der Waals surface area contributed by atoms with E-state index in [-0.39, 0.29) is 5.91 Å². The summed E-state index contributed by atoms with van der Waals surface area (Å²) in [5, 5.41) is 2.91. The summed E-state index contributed by atoms with van der Waals surface area (Å²) in [7, 11) is 6.05. The lowest BCUT2D eigenvalue weighted by Crippen LogP contribution is -2.32. The SMILES string of the molecule is [B]c1cnc(NC(=O)C(C)(C)CC)cc1CN1CCCCC1. The number of piperidine rings is 1. The van der Waals surface area contributed by atoms with Gasteiger partial charge in [0.15, 0.2) is 0 Å². The fraction of sp³-hybridized carbons (Fsp3) is 0.647. The van der Waals surface area contributed by atoms with Crippen LogP contribution in [0.25, 0.3) is 0 Å². The lowest BCUT2D eigenvalue weighted by molar-refractivity contribution is -0.124. The predicted molar refractivity (Wildman–Crippen MR) is 91.5 cm³/mol. The molecule has 0 unspecified atom stereocenters. The minimum atomic E-state index is -0.393. The maximum absolute atomic E-state index is 12.3. The monoisotopic (exact) mass is 299 g/mol. The highest BCUT2D eigenvalue weighted by Crippen LogP contribution is 2.22. The van der Waals surface area contributed by atoms with Crippen LogP contribution >= 0.6 is 0 Å². The molecule has 1 amide bonds. The summed E-state index contributed by atoms with van der Waals surface area (Å²) in [4.78, 5) is 18.9. The second kappa shape index (κ2) is 7.27. The van der Waals surface area contributed by atoms with Crippen molar-refractivity contribution in [1.82, 2.24) is 9.88 Å². The van der Waals surface area contributed by atoms with Crippen LogP contribution in [0, 0.1) is 5.41 Å². The van der Waals surface area contributed by atoms with E-state index < -0.39 is 5.41 Å². The van der Waals surface area contributed by atoms with Crippen molar-refractivity contribution in [2.75, 3.05) is 18.4 Å². The van der Waals surface area contributed by atoms with Gasteiger partial charge in [-0.2, -0.15) is 0 Å². The predicted octanol–water partition coefficient (Wildman–Crippen LogP) is 2.24. The molecular formula is C17H26BN3O. The topological polar surface area (TPSA) is 45.2 Å². The molecule has 0 spiro atoms. The highest BCUT2D eigenvalue weighted by Gasteiger charge is 2.25. The highest BCUT2D eigenvalue weighted by molar-refractivity contribution is 6.33. The first-order valence-electron chi connectivity index (χ1n) is 8.20. The zero-order valence-electron chi connectivity index (χ0n) is 14.0. The normalized spacial score (nSPS) is 16.5. The highest BCUT2D eigenvalue weighted by atomic mass is 16.2. The lowest BCUT2D eigenvalue weighted by atomic mass is 9.89. The maximum Gasteiger partial charge on any atom is 0.231 e. The number of aromatic nitrogens is 1. The summed E-state index contributed by atoms with van der Waals surface area (Å²) in [6, 6.07) is 1.91. The molecule has 0 aromatic carbocycles. The summed E-state index contributed by atoms with van der Waals surface area (Å²) in [5.74, 6) is 0.587. The molecule has 2 radical (unpaired) electrons. The van der Waals surface area contributed by atoms with Crippen molar-refractivity contribution >= 4 is 25.0 Å². The molecule has 1 aliphatic heterocycles. The number of carbonyl (C=O) groups is 1. The van der Waals surface area contributed by atoms with Crippen LogP contribution in [0.1, 0.15) is 52.0 Å². The molecule has 1 aromatic rings. The van der Waals surface area contributed by atoms with E-state index in [4.69, 9.17) is 7.85 Å². The third-order valence-electron chi connectivity index (χ3n) is 4.61. The number of hydrogen-bond acceptors (Lipinski definition) is 3. The number of carbonyl (C=O) groups excluding carboxylic acids is 1. The van der Waals surface area contributed by atoms with E-state index in [0.717, 1.165) is 31.6 Å². The lowest BCUT2D eigenvalue weighted by Gasteiger charge is -2.27. The second-order valence-electron chi connectivity index (χ2n) is 6.80. The fourth-order valence-corrected chi connectivity index (χ4v) is 2.52. The average molecular weight is 299 g/mol. The summed E-state index contributed by atoms with van der Waals surface area (Å²) < 4.78 is 0. The molecule has 22 heavy (non-hydrogen) atoms. The van der Waals surface area contributed by atoms with Gasteiger partial charge in [-0.05, 0) is 44.0 Å². The van der Waals surface area contributed by atoms with E-state index in [9.17, 15) is 4.79 Å². The average Bonchev–Trinajstić information content (AvgIpc) is 2.51. The van der Waals surface area contributed by atoms with Crippen molar-refractivity contribution in [3.8, 4) is 0 Å². The molecule has 2 rings (SSSR count). The molecule has 1 N–H and O–H groups in total. The van der Waals surface area contributed by atoms with Crippen molar-refractivity contribution < 1.29 is 4.79 Å². The third-order valence-corrected chi connectivity index (χ3v) is 4.61. The summed E-state index contributed by atoms with van der Waals surface area (Å²) in [6.45, 7) is 8.95. The first kappa shape index (κ1) is 17.0. The number of nitrogens with one attached hydrogen (secondary N) is 1. The van der Waals surface area contributed by atoms with Gasteiger partial charge in [0.1, 0.15) is 13.7 Å². The van der Waals surface area contributed by atoms with Gasteiger partial charge in [0.25, 0.3) is 0 Å². The van der Waals surface area contributed by atoms with Gasteiger partial charge in [-0.15, -0.1) is 0 Å². The van der Waals surface area contributed by atoms with E-state index in [2.05, 4.69) is 15.2 Å². The largest absolute Gasteiger partial charge is 0.310 e. The standard InChI is InChI=1S/C17H26BN3O/c1-4-17(2,3)16(22)20-15-10-13(14(18)11-19-15)12-21-8-6-5-7-9-21/h10-11H,4-9,12H2,1-3H3,(H,19,20,22). The molecule has 0 bridgehead atoms. The Labute approximate surface area is 135 Å². The molecule has 1 saturated heterocycles. The van der Waals surface area contributed by atoms with Crippen molar-refractivity contribution in [2.24, 2.45) is 5.41 Å². The van der Waals surface area contributed by atoms with E-state index >= 15 is 0 Å². The van der Waals surface area contributed by atoms with Gasteiger partial charge in [-0.1, -0.05) is 32.7 Å². The van der Waals surface area contributed by atoms with Crippen molar-refractivity contribution in [1.29, 1.82) is 0 Å². The van der Waals surface area contributed by atoms with Crippen LogP contribution in [0.15, 0.2) is 12.3 Å². The van der Waals surface area contributed by atoms with Crippen LogP contribution in [0.5, 0.6) is 0 Å². The van der Waals surface area contributed by atoms with Gasteiger partial charge in [0.05, 0.1) is 0 Å². The Morgan fingerprint density at radius 2 is 2.05 bits per heavy atom. The molecule has 4 nitrogen and oxygen atoms in total. The Bertz CT molecular complexity index is 525. The Balaban J connectivity index is 2.07. The second-order valence-corrected chi connectivity index (χ2v) is 6.80. The molecule has 1 aliphatic rings. The summed E-state index contributed by atoms with van der Waals surface area (Å²) in [5.41, 5.74) is 1.34. The summed E-state index contributed by atoms with van der Waals surface area (Å²) >= 11 is 0. The van der Waals surface area contributed by atoms with E-state index in [1.807, 2.05) is 26.8 Å². The number of hydrogen-bond donors (Lipinski definition) is 1. The molecule has 118 valence electrons. The number of pyridine rings is 1. The van der Waals surface area contributed by atoms with Crippen LogP contribution in [0.4, 0.5) is 5.82 Å². The zero-order chi connectivity index (χ0) is 16.2. The van der Waals surface area contributed by atoms with Crippen molar-refractivity contribution in [3.05, 3.63) is 17.8 Å². The quantitative estimate of drug-likeness (QED) is 0.848. The van der Waals surface area contributed by atoms with E-state index in [0.29, 0.717) is 11.3 Å². The molecule has 2 heterocycles. The Morgan fingerprint density at radius 3 is 2.68 bits per heavy atom. The van der Waals surface area contributed by atoms with Gasteiger partial charge in [-0.3, -0.25) is 9.69 Å². The number of amides is 1. The Kier molecular flexibility index (Phi) is 5.62. The van der Waals surface area contributed by atoms with Crippen LogP contribution in [-0.2, 0) is 11.3 Å². The maximum atomic E-state index is 12.3. The number of anilines is 1. The van der Waals surface area contributed by atoms with Crippen molar-refractivity contribution in [2.45, 2.75) is 53.0 Å². The van der Waals surface area contributed by atoms with Crippen LogP contribution in [-0.4, -0.2) is 36.7 Å². The van der Waals surface area contributed by atoms with E-state index in [1.165, 1.54) is 19.3 Å². The molecule has 0 aliphatic carbocycles.